The third-order valence-electron chi connectivity index (χ3n) is 6.40. The fourth-order valence-electron chi connectivity index (χ4n) is 4.53. The van der Waals surface area contributed by atoms with Gasteiger partial charge in [-0.2, -0.15) is 0 Å². The second kappa shape index (κ2) is 9.92. The molecule has 0 aliphatic carbocycles. The number of nitrogens with zero attached hydrogens (tertiary/aromatic N) is 2. The number of imidazole rings is 1. The van der Waals surface area contributed by atoms with Crippen LogP contribution in [0.2, 0.25) is 0 Å². The van der Waals surface area contributed by atoms with E-state index in [1.165, 1.54) is 16.3 Å². The lowest BCUT2D eigenvalue weighted by Gasteiger charge is -2.11. The van der Waals surface area contributed by atoms with Gasteiger partial charge < -0.3 is 9.88 Å². The molecule has 4 heteroatoms. The van der Waals surface area contributed by atoms with Crippen molar-refractivity contribution < 1.29 is 4.79 Å². The van der Waals surface area contributed by atoms with Gasteiger partial charge in [0.05, 0.1) is 17.5 Å². The Morgan fingerprint density at radius 1 is 0.882 bits per heavy atom. The van der Waals surface area contributed by atoms with Crippen molar-refractivity contribution in [3.63, 3.8) is 0 Å². The average molecular weight is 448 g/mol. The molecule has 0 saturated carbocycles. The van der Waals surface area contributed by atoms with Crippen LogP contribution in [-0.2, 0) is 24.2 Å². The summed E-state index contributed by atoms with van der Waals surface area (Å²) in [5, 5.41) is 5.58. The lowest BCUT2D eigenvalue weighted by molar-refractivity contribution is -0.120. The zero-order valence-electron chi connectivity index (χ0n) is 19.5. The molecule has 1 amide bonds. The molecule has 0 aliphatic rings. The van der Waals surface area contributed by atoms with Crippen molar-refractivity contribution in [2.45, 2.75) is 32.7 Å². The van der Waals surface area contributed by atoms with Crippen LogP contribution in [0.15, 0.2) is 91.0 Å². The van der Waals surface area contributed by atoms with Gasteiger partial charge in [-0.05, 0) is 59.0 Å². The highest BCUT2D eigenvalue weighted by atomic mass is 16.1. The van der Waals surface area contributed by atoms with Crippen molar-refractivity contribution in [2.24, 2.45) is 0 Å². The van der Waals surface area contributed by atoms with Crippen molar-refractivity contribution in [2.75, 3.05) is 6.54 Å². The van der Waals surface area contributed by atoms with Gasteiger partial charge in [-0.25, -0.2) is 4.98 Å². The summed E-state index contributed by atoms with van der Waals surface area (Å²) in [6.45, 7) is 3.47. The minimum Gasteiger partial charge on any atom is -0.356 e. The van der Waals surface area contributed by atoms with Crippen molar-refractivity contribution in [3.8, 4) is 0 Å². The predicted octanol–water partition coefficient (Wildman–Crippen LogP) is 5.84. The summed E-state index contributed by atoms with van der Waals surface area (Å²) in [6.07, 6.45) is 2.08. The quantitative estimate of drug-likeness (QED) is 0.304. The standard InChI is InChI=1S/C30H29N3O/c1-22-9-2-3-11-25(22)20-30(34)31-18-8-15-29-32-27-13-6-7-14-28(27)33(29)21-23-16-17-24-10-4-5-12-26(24)19-23/h2-7,9-14,16-17,19H,8,15,18,20-21H2,1H3,(H,31,34). The van der Waals surface area contributed by atoms with Crippen molar-refractivity contribution in [3.05, 3.63) is 114 Å². The molecule has 1 aromatic heterocycles. The fraction of sp³-hybridized carbons (Fsp3) is 0.200. The number of hydrogen-bond acceptors (Lipinski definition) is 2. The van der Waals surface area contributed by atoms with E-state index >= 15 is 0 Å². The number of carbonyl (C=O) groups is 1. The Kier molecular flexibility index (Phi) is 6.39. The van der Waals surface area contributed by atoms with Crippen LogP contribution >= 0.6 is 0 Å². The molecule has 0 radical (unpaired) electrons. The largest absolute Gasteiger partial charge is 0.356 e. The smallest absolute Gasteiger partial charge is 0.224 e. The maximum Gasteiger partial charge on any atom is 0.224 e. The Morgan fingerprint density at radius 2 is 1.65 bits per heavy atom. The molecule has 170 valence electrons. The van der Waals surface area contributed by atoms with Crippen LogP contribution in [0, 0.1) is 6.92 Å². The number of nitrogens with one attached hydrogen (secondary N) is 1. The maximum atomic E-state index is 12.4. The van der Waals surface area contributed by atoms with Gasteiger partial charge in [-0.3, -0.25) is 4.79 Å². The molecule has 0 fully saturated rings. The minimum atomic E-state index is 0.0685. The Morgan fingerprint density at radius 3 is 2.53 bits per heavy atom. The van der Waals surface area contributed by atoms with Crippen molar-refractivity contribution >= 4 is 27.7 Å². The van der Waals surface area contributed by atoms with Crippen molar-refractivity contribution in [1.82, 2.24) is 14.9 Å². The summed E-state index contributed by atoms with van der Waals surface area (Å²) < 4.78 is 2.31. The first kappa shape index (κ1) is 21.9. The van der Waals surface area contributed by atoms with E-state index in [1.807, 2.05) is 37.3 Å². The van der Waals surface area contributed by atoms with Gasteiger partial charge in [-0.15, -0.1) is 0 Å². The normalized spacial score (nSPS) is 11.2. The van der Waals surface area contributed by atoms with Gasteiger partial charge in [-0.1, -0.05) is 72.8 Å². The zero-order chi connectivity index (χ0) is 23.3. The van der Waals surface area contributed by atoms with Gasteiger partial charge >= 0.3 is 0 Å². The monoisotopic (exact) mass is 447 g/mol. The molecule has 5 aromatic rings. The number of amides is 1. The number of carbonyl (C=O) groups excluding carboxylic acids is 1. The molecule has 34 heavy (non-hydrogen) atoms. The second-order valence-corrected chi connectivity index (χ2v) is 8.84. The Balaban J connectivity index is 1.27. The van der Waals surface area contributed by atoms with E-state index in [4.69, 9.17) is 4.98 Å². The summed E-state index contributed by atoms with van der Waals surface area (Å²) in [5.41, 5.74) is 5.66. The highest BCUT2D eigenvalue weighted by Crippen LogP contribution is 2.21. The second-order valence-electron chi connectivity index (χ2n) is 8.84. The topological polar surface area (TPSA) is 46.9 Å². The first-order valence-electron chi connectivity index (χ1n) is 11.9. The predicted molar refractivity (Wildman–Crippen MR) is 139 cm³/mol. The first-order valence-corrected chi connectivity index (χ1v) is 11.9. The van der Waals surface area contributed by atoms with Gasteiger partial charge in [0.2, 0.25) is 5.91 Å². The van der Waals surface area contributed by atoms with E-state index in [0.717, 1.165) is 47.4 Å². The number of rotatable bonds is 8. The number of aromatic nitrogens is 2. The van der Waals surface area contributed by atoms with Crippen LogP contribution in [0.1, 0.15) is 28.9 Å². The molecule has 0 unspecified atom stereocenters. The zero-order valence-corrected chi connectivity index (χ0v) is 19.5. The van der Waals surface area contributed by atoms with E-state index in [-0.39, 0.29) is 5.91 Å². The summed E-state index contributed by atoms with van der Waals surface area (Å²) in [5.74, 6) is 1.13. The summed E-state index contributed by atoms with van der Waals surface area (Å²) in [7, 11) is 0. The molecular weight excluding hydrogens is 418 g/mol. The van der Waals surface area contributed by atoms with Crippen LogP contribution in [0.4, 0.5) is 0 Å². The molecule has 5 rings (SSSR count). The lowest BCUT2D eigenvalue weighted by atomic mass is 10.1. The molecule has 0 saturated heterocycles. The van der Waals surface area contributed by atoms with Crippen LogP contribution in [0.3, 0.4) is 0 Å². The average Bonchev–Trinajstić information content (AvgIpc) is 3.20. The van der Waals surface area contributed by atoms with Crippen LogP contribution in [-0.4, -0.2) is 22.0 Å². The highest BCUT2D eigenvalue weighted by Gasteiger charge is 2.12. The van der Waals surface area contributed by atoms with E-state index in [1.54, 1.807) is 0 Å². The van der Waals surface area contributed by atoms with E-state index in [0.29, 0.717) is 13.0 Å². The van der Waals surface area contributed by atoms with E-state index in [9.17, 15) is 4.79 Å². The molecule has 0 atom stereocenters. The molecule has 0 spiro atoms. The summed E-state index contributed by atoms with van der Waals surface area (Å²) in [6, 6.07) is 31.5. The Bertz CT molecular complexity index is 1450. The Labute approximate surface area is 200 Å². The summed E-state index contributed by atoms with van der Waals surface area (Å²) >= 11 is 0. The van der Waals surface area contributed by atoms with E-state index < -0.39 is 0 Å². The van der Waals surface area contributed by atoms with Gasteiger partial charge in [0.1, 0.15) is 5.82 Å². The molecule has 4 aromatic carbocycles. The highest BCUT2D eigenvalue weighted by molar-refractivity contribution is 5.83. The van der Waals surface area contributed by atoms with Gasteiger partial charge in [0.25, 0.3) is 0 Å². The SMILES string of the molecule is Cc1ccccc1CC(=O)NCCCc1nc2ccccc2n1Cc1ccc2ccccc2c1. The van der Waals surface area contributed by atoms with Crippen LogP contribution in [0.5, 0.6) is 0 Å². The Hall–Kier alpha value is -3.92. The first-order chi connectivity index (χ1) is 16.7. The molecule has 1 N–H and O–H groups in total. The van der Waals surface area contributed by atoms with Crippen LogP contribution < -0.4 is 5.32 Å². The maximum absolute atomic E-state index is 12.4. The van der Waals surface area contributed by atoms with Gasteiger partial charge in [0.15, 0.2) is 0 Å². The number of aryl methyl sites for hydroxylation is 2. The third kappa shape index (κ3) is 4.86. The van der Waals surface area contributed by atoms with E-state index in [2.05, 4.69) is 70.5 Å². The third-order valence-corrected chi connectivity index (χ3v) is 6.40. The fourth-order valence-corrected chi connectivity index (χ4v) is 4.53. The number of hydrogen-bond donors (Lipinski definition) is 1. The number of fused-ring (bicyclic) bond motifs is 2. The molecule has 0 bridgehead atoms. The summed E-state index contributed by atoms with van der Waals surface area (Å²) in [4.78, 5) is 17.3. The van der Waals surface area contributed by atoms with Gasteiger partial charge in [0, 0.05) is 19.5 Å². The minimum absolute atomic E-state index is 0.0685. The van der Waals surface area contributed by atoms with Crippen molar-refractivity contribution in [1.29, 1.82) is 0 Å². The van der Waals surface area contributed by atoms with Crippen LogP contribution in [0.25, 0.3) is 21.8 Å². The molecular formula is C30H29N3O. The molecule has 4 nitrogen and oxygen atoms in total. The molecule has 0 aliphatic heterocycles. The number of para-hydroxylation sites is 2. The molecule has 1 heterocycles. The lowest BCUT2D eigenvalue weighted by Crippen LogP contribution is -2.26. The number of benzene rings is 4.